The molecule has 1 aliphatic heterocycles. The fourth-order valence-corrected chi connectivity index (χ4v) is 4.41. The fourth-order valence-electron chi connectivity index (χ4n) is 3.84. The predicted octanol–water partition coefficient (Wildman–Crippen LogP) is 3.67. The van der Waals surface area contributed by atoms with Crippen LogP contribution in [-0.2, 0) is 19.1 Å². The van der Waals surface area contributed by atoms with E-state index in [2.05, 4.69) is 4.98 Å². The van der Waals surface area contributed by atoms with Crippen molar-refractivity contribution in [1.29, 1.82) is 0 Å². The summed E-state index contributed by atoms with van der Waals surface area (Å²) in [6, 6.07) is 0. The first-order chi connectivity index (χ1) is 15.5. The van der Waals surface area contributed by atoms with Crippen molar-refractivity contribution < 1.29 is 29.3 Å². The number of rotatable bonds is 2. The van der Waals surface area contributed by atoms with Crippen LogP contribution in [0.1, 0.15) is 64.1 Å². The minimum absolute atomic E-state index is 0.120. The molecule has 1 aliphatic rings. The highest BCUT2D eigenvalue weighted by molar-refractivity contribution is 7.09. The zero-order valence-corrected chi connectivity index (χ0v) is 20.8. The second-order valence-electron chi connectivity index (χ2n) is 8.90. The number of aryl methyl sites for hydroxylation is 1. The van der Waals surface area contributed by atoms with Gasteiger partial charge in [-0.15, -0.1) is 11.3 Å². The summed E-state index contributed by atoms with van der Waals surface area (Å²) in [7, 11) is 0. The molecule has 8 heteroatoms. The second kappa shape index (κ2) is 12.3. The van der Waals surface area contributed by atoms with Crippen molar-refractivity contribution in [3.8, 4) is 0 Å². The van der Waals surface area contributed by atoms with Crippen molar-refractivity contribution in [2.75, 3.05) is 0 Å². The van der Waals surface area contributed by atoms with E-state index in [9.17, 15) is 24.6 Å². The molecule has 6 atom stereocenters. The Labute approximate surface area is 199 Å². The standard InChI is InChI=1S/C25H35NO6S/c1-14(11-19-13-33-18(5)26-19)22-10-8-6-7-9-20(27)15(2)24(30)17(4)25(31)16(3)21(28)12-23(29)32-22/h6,8,11,13,15-17,21-22,24,28,30H,7,9-10,12H2,1-5H3. The van der Waals surface area contributed by atoms with Crippen LogP contribution in [-0.4, -0.2) is 51.0 Å². The molecule has 182 valence electrons. The highest BCUT2D eigenvalue weighted by atomic mass is 32.1. The molecule has 6 unspecified atom stereocenters. The number of ketones is 2. The van der Waals surface area contributed by atoms with Gasteiger partial charge >= 0.3 is 5.97 Å². The number of thiazole rings is 1. The zero-order chi connectivity index (χ0) is 24.7. The minimum atomic E-state index is -1.25. The fraction of sp³-hybridized carbons (Fsp3) is 0.600. The number of nitrogens with zero attached hydrogens (tertiary/aromatic N) is 1. The zero-order valence-electron chi connectivity index (χ0n) is 20.0. The summed E-state index contributed by atoms with van der Waals surface area (Å²) >= 11 is 1.53. The quantitative estimate of drug-likeness (QED) is 0.493. The third-order valence-corrected chi connectivity index (χ3v) is 7.04. The van der Waals surface area contributed by atoms with Gasteiger partial charge in [0, 0.05) is 36.0 Å². The summed E-state index contributed by atoms with van der Waals surface area (Å²) in [6.07, 6.45) is 3.44. The second-order valence-corrected chi connectivity index (χ2v) is 9.96. The lowest BCUT2D eigenvalue weighted by molar-refractivity contribution is -0.151. The third kappa shape index (κ3) is 7.69. The van der Waals surface area contributed by atoms with Gasteiger partial charge in [0.05, 0.1) is 29.3 Å². The average Bonchev–Trinajstić information content (AvgIpc) is 3.18. The predicted molar refractivity (Wildman–Crippen MR) is 128 cm³/mol. The lowest BCUT2D eigenvalue weighted by atomic mass is 9.81. The van der Waals surface area contributed by atoms with Gasteiger partial charge in [0.15, 0.2) is 0 Å². The Morgan fingerprint density at radius 3 is 2.45 bits per heavy atom. The van der Waals surface area contributed by atoms with E-state index < -0.39 is 42.0 Å². The molecular formula is C25H35NO6S. The first-order valence-electron chi connectivity index (χ1n) is 11.4. The Kier molecular flexibility index (Phi) is 10.1. The van der Waals surface area contributed by atoms with Gasteiger partial charge < -0.3 is 14.9 Å². The Hall–Kier alpha value is -2.16. The van der Waals surface area contributed by atoms with Crippen LogP contribution in [0.25, 0.3) is 6.08 Å². The Morgan fingerprint density at radius 2 is 1.82 bits per heavy atom. The summed E-state index contributed by atoms with van der Waals surface area (Å²) in [5.41, 5.74) is 1.59. The molecule has 0 aromatic carbocycles. The number of hydrogen-bond donors (Lipinski definition) is 2. The number of cyclic esters (lactones) is 1. The molecule has 0 saturated carbocycles. The Bertz CT molecular complexity index is 904. The molecule has 1 aromatic rings. The van der Waals surface area contributed by atoms with Gasteiger partial charge in [0.2, 0.25) is 0 Å². The van der Waals surface area contributed by atoms with Gasteiger partial charge in [-0.25, -0.2) is 4.98 Å². The Balaban J connectivity index is 2.27. The third-order valence-electron chi connectivity index (χ3n) is 6.25. The maximum atomic E-state index is 12.8. The van der Waals surface area contributed by atoms with E-state index in [0.717, 1.165) is 16.3 Å². The van der Waals surface area contributed by atoms with Gasteiger partial charge in [-0.3, -0.25) is 14.4 Å². The van der Waals surface area contributed by atoms with Crippen molar-refractivity contribution >= 4 is 34.9 Å². The van der Waals surface area contributed by atoms with Crippen molar-refractivity contribution in [2.45, 2.75) is 78.6 Å². The molecule has 33 heavy (non-hydrogen) atoms. The van der Waals surface area contributed by atoms with Gasteiger partial charge in [-0.2, -0.15) is 0 Å². The number of ether oxygens (including phenoxy) is 1. The summed E-state index contributed by atoms with van der Waals surface area (Å²) in [6.45, 7) is 8.46. The van der Waals surface area contributed by atoms with Crippen molar-refractivity contribution in [2.24, 2.45) is 17.8 Å². The summed E-state index contributed by atoms with van der Waals surface area (Å²) in [5.74, 6) is -3.53. The molecular weight excluding hydrogens is 442 g/mol. The maximum Gasteiger partial charge on any atom is 0.309 e. The topological polar surface area (TPSA) is 114 Å². The van der Waals surface area contributed by atoms with E-state index in [-0.39, 0.29) is 24.4 Å². The molecule has 0 saturated heterocycles. The van der Waals surface area contributed by atoms with Crippen LogP contribution in [0.4, 0.5) is 0 Å². The van der Waals surface area contributed by atoms with Crippen LogP contribution in [0, 0.1) is 24.7 Å². The van der Waals surface area contributed by atoms with E-state index in [0.29, 0.717) is 12.8 Å². The number of esters is 1. The lowest BCUT2D eigenvalue weighted by Gasteiger charge is -2.27. The number of carbonyl (C=O) groups excluding carboxylic acids is 3. The number of Topliss-reactive ketones (excluding diaryl/α,β-unsaturated/α-hetero) is 2. The van der Waals surface area contributed by atoms with Crippen LogP contribution in [0.2, 0.25) is 0 Å². The van der Waals surface area contributed by atoms with E-state index >= 15 is 0 Å². The molecule has 0 bridgehead atoms. The van der Waals surface area contributed by atoms with E-state index in [1.165, 1.54) is 18.3 Å². The number of aromatic nitrogens is 1. The maximum absolute atomic E-state index is 12.8. The average molecular weight is 478 g/mol. The first kappa shape index (κ1) is 27.1. The smallest absolute Gasteiger partial charge is 0.309 e. The SMILES string of the molecule is CC(=Cc1csc(C)n1)C1CC=CCCC(=O)C(C)C(O)C(C)C(=O)C(C)C(O)CC(=O)O1. The largest absolute Gasteiger partial charge is 0.457 e. The molecule has 0 spiro atoms. The highest BCUT2D eigenvalue weighted by Gasteiger charge is 2.35. The normalized spacial score (nSPS) is 31.5. The van der Waals surface area contributed by atoms with Crippen LogP contribution < -0.4 is 0 Å². The first-order valence-corrected chi connectivity index (χ1v) is 12.3. The summed E-state index contributed by atoms with van der Waals surface area (Å²) in [4.78, 5) is 42.3. The van der Waals surface area contributed by atoms with Gasteiger partial charge in [-0.1, -0.05) is 32.9 Å². The molecule has 2 heterocycles. The molecule has 0 fully saturated rings. The lowest BCUT2D eigenvalue weighted by Crippen LogP contribution is -2.40. The van der Waals surface area contributed by atoms with Gasteiger partial charge in [0.25, 0.3) is 0 Å². The Morgan fingerprint density at radius 1 is 1.12 bits per heavy atom. The van der Waals surface area contributed by atoms with Gasteiger partial charge in [0.1, 0.15) is 17.7 Å². The molecule has 2 N–H and O–H groups in total. The minimum Gasteiger partial charge on any atom is -0.457 e. The summed E-state index contributed by atoms with van der Waals surface area (Å²) < 4.78 is 5.66. The summed E-state index contributed by atoms with van der Waals surface area (Å²) in [5, 5.41) is 23.9. The molecule has 1 aromatic heterocycles. The molecule has 7 nitrogen and oxygen atoms in total. The van der Waals surface area contributed by atoms with Crippen molar-refractivity contribution in [1.82, 2.24) is 4.98 Å². The van der Waals surface area contributed by atoms with Gasteiger partial charge in [-0.05, 0) is 31.9 Å². The number of aliphatic hydroxyl groups excluding tert-OH is 2. The van der Waals surface area contributed by atoms with Crippen molar-refractivity contribution in [3.05, 3.63) is 33.8 Å². The van der Waals surface area contributed by atoms with E-state index in [1.54, 1.807) is 13.8 Å². The number of carbonyl (C=O) groups is 3. The number of allylic oxidation sites excluding steroid dienone is 1. The molecule has 0 aliphatic carbocycles. The molecule has 2 rings (SSSR count). The van der Waals surface area contributed by atoms with Crippen LogP contribution in [0.15, 0.2) is 23.1 Å². The number of aliphatic hydroxyl groups is 2. The van der Waals surface area contributed by atoms with E-state index in [1.807, 2.05) is 37.5 Å². The van der Waals surface area contributed by atoms with E-state index in [4.69, 9.17) is 4.74 Å². The number of hydrogen-bond acceptors (Lipinski definition) is 8. The monoisotopic (exact) mass is 477 g/mol. The van der Waals surface area contributed by atoms with Crippen LogP contribution in [0.3, 0.4) is 0 Å². The van der Waals surface area contributed by atoms with Crippen LogP contribution >= 0.6 is 11.3 Å². The van der Waals surface area contributed by atoms with Crippen LogP contribution in [0.5, 0.6) is 0 Å². The molecule has 0 radical (unpaired) electrons. The van der Waals surface area contributed by atoms with Crippen molar-refractivity contribution in [3.63, 3.8) is 0 Å². The molecule has 0 amide bonds. The highest BCUT2D eigenvalue weighted by Crippen LogP contribution is 2.24.